The summed E-state index contributed by atoms with van der Waals surface area (Å²) in [4.78, 5) is 28.5. The molecule has 0 radical (unpaired) electrons. The number of carbonyl (C=O) groups is 2. The van der Waals surface area contributed by atoms with E-state index in [2.05, 4.69) is 21.2 Å². The molecule has 0 saturated carbocycles. The Bertz CT molecular complexity index is 833. The number of rotatable bonds is 6. The molecule has 29 heavy (non-hydrogen) atoms. The predicted octanol–water partition coefficient (Wildman–Crippen LogP) is 3.44. The van der Waals surface area contributed by atoms with Gasteiger partial charge < -0.3 is 19.9 Å². The number of hydrogen-bond donors (Lipinski definition) is 1. The van der Waals surface area contributed by atoms with Gasteiger partial charge in [-0.2, -0.15) is 0 Å². The van der Waals surface area contributed by atoms with Crippen LogP contribution in [-0.2, 0) is 17.8 Å². The van der Waals surface area contributed by atoms with Gasteiger partial charge in [-0.1, -0.05) is 40.2 Å². The first-order valence-electron chi connectivity index (χ1n) is 9.73. The van der Waals surface area contributed by atoms with E-state index in [1.807, 2.05) is 53.4 Å². The summed E-state index contributed by atoms with van der Waals surface area (Å²) in [6.07, 6.45) is 1.18. The van der Waals surface area contributed by atoms with Crippen LogP contribution in [0, 0.1) is 0 Å². The third kappa shape index (κ3) is 6.22. The Kier molecular flexibility index (Phi) is 7.52. The fourth-order valence-corrected chi connectivity index (χ4v) is 3.74. The lowest BCUT2D eigenvalue weighted by Crippen LogP contribution is -2.53. The molecule has 1 aliphatic rings. The molecule has 0 unspecified atom stereocenters. The second kappa shape index (κ2) is 10.3. The highest BCUT2D eigenvalue weighted by molar-refractivity contribution is 9.10. The number of aryl methyl sites for hydroxylation is 1. The van der Waals surface area contributed by atoms with Crippen molar-refractivity contribution in [2.24, 2.45) is 0 Å². The van der Waals surface area contributed by atoms with Gasteiger partial charge in [0.15, 0.2) is 0 Å². The van der Waals surface area contributed by atoms with Gasteiger partial charge in [0.2, 0.25) is 5.91 Å². The SMILES string of the molecule is COc1ccc(CCC(=O)N2CCN(C(=O)NCc3cccc(Br)c3)CC2)cc1. The van der Waals surface area contributed by atoms with Crippen molar-refractivity contribution >= 4 is 27.9 Å². The van der Waals surface area contributed by atoms with E-state index in [0.717, 1.165) is 21.3 Å². The molecule has 0 aliphatic carbocycles. The molecule has 2 aromatic carbocycles. The topological polar surface area (TPSA) is 61.9 Å². The van der Waals surface area contributed by atoms with Gasteiger partial charge in [0.05, 0.1) is 7.11 Å². The molecule has 3 rings (SSSR count). The first kappa shape index (κ1) is 21.2. The number of ether oxygens (including phenoxy) is 1. The largest absolute Gasteiger partial charge is 0.497 e. The monoisotopic (exact) mass is 459 g/mol. The van der Waals surface area contributed by atoms with Gasteiger partial charge >= 0.3 is 6.03 Å². The Morgan fingerprint density at radius 2 is 1.69 bits per heavy atom. The highest BCUT2D eigenvalue weighted by atomic mass is 79.9. The van der Waals surface area contributed by atoms with Gasteiger partial charge in [0, 0.05) is 43.6 Å². The lowest BCUT2D eigenvalue weighted by Gasteiger charge is -2.34. The zero-order valence-electron chi connectivity index (χ0n) is 16.6. The van der Waals surface area contributed by atoms with Crippen LogP contribution in [0.25, 0.3) is 0 Å². The van der Waals surface area contributed by atoms with E-state index in [0.29, 0.717) is 45.6 Å². The van der Waals surface area contributed by atoms with Crippen LogP contribution in [0.1, 0.15) is 17.5 Å². The van der Waals surface area contributed by atoms with Crippen molar-refractivity contribution in [3.8, 4) is 5.75 Å². The molecule has 0 spiro atoms. The average molecular weight is 460 g/mol. The molecule has 154 valence electrons. The van der Waals surface area contributed by atoms with Gasteiger partial charge in [0.1, 0.15) is 5.75 Å². The van der Waals surface area contributed by atoms with E-state index in [4.69, 9.17) is 4.74 Å². The van der Waals surface area contributed by atoms with E-state index < -0.39 is 0 Å². The molecule has 6 nitrogen and oxygen atoms in total. The van der Waals surface area contributed by atoms with Crippen molar-refractivity contribution in [2.75, 3.05) is 33.3 Å². The van der Waals surface area contributed by atoms with E-state index in [1.54, 1.807) is 12.0 Å². The van der Waals surface area contributed by atoms with Gasteiger partial charge in [-0.05, 0) is 41.8 Å². The van der Waals surface area contributed by atoms with Crippen LogP contribution in [0.3, 0.4) is 0 Å². The maximum atomic E-state index is 12.5. The standard InChI is InChI=1S/C22H26BrN3O3/c1-29-20-8-5-17(6-9-20)7-10-21(27)25-11-13-26(14-12-25)22(28)24-16-18-3-2-4-19(23)15-18/h2-6,8-9,15H,7,10-14,16H2,1H3,(H,24,28). The van der Waals surface area contributed by atoms with Gasteiger partial charge in [-0.25, -0.2) is 4.79 Å². The smallest absolute Gasteiger partial charge is 0.317 e. The van der Waals surface area contributed by atoms with Crippen molar-refractivity contribution in [3.05, 3.63) is 64.1 Å². The van der Waals surface area contributed by atoms with Crippen molar-refractivity contribution in [1.82, 2.24) is 15.1 Å². The third-order valence-corrected chi connectivity index (χ3v) is 5.53. The first-order chi connectivity index (χ1) is 14.0. The molecule has 3 amide bonds. The first-order valence-corrected chi connectivity index (χ1v) is 10.5. The van der Waals surface area contributed by atoms with Crippen LogP contribution in [0.4, 0.5) is 4.79 Å². The zero-order chi connectivity index (χ0) is 20.6. The number of urea groups is 1. The molecule has 1 aliphatic heterocycles. The molecule has 1 N–H and O–H groups in total. The number of nitrogens with zero attached hydrogens (tertiary/aromatic N) is 2. The average Bonchev–Trinajstić information content (AvgIpc) is 2.76. The Morgan fingerprint density at radius 3 is 2.34 bits per heavy atom. The Hall–Kier alpha value is -2.54. The molecular formula is C22H26BrN3O3. The third-order valence-electron chi connectivity index (χ3n) is 5.04. The lowest BCUT2D eigenvalue weighted by atomic mass is 10.1. The molecule has 1 heterocycles. The summed E-state index contributed by atoms with van der Waals surface area (Å²) < 4.78 is 6.14. The van der Waals surface area contributed by atoms with Gasteiger partial charge in [-0.3, -0.25) is 4.79 Å². The number of methoxy groups -OCH3 is 1. The summed E-state index contributed by atoms with van der Waals surface area (Å²) in [5, 5.41) is 2.95. The van der Waals surface area contributed by atoms with E-state index in [-0.39, 0.29) is 11.9 Å². The summed E-state index contributed by atoms with van der Waals surface area (Å²) in [7, 11) is 1.64. The van der Waals surface area contributed by atoms with Crippen molar-refractivity contribution in [2.45, 2.75) is 19.4 Å². The quantitative estimate of drug-likeness (QED) is 0.719. The normalized spacial score (nSPS) is 13.9. The van der Waals surface area contributed by atoms with Crippen LogP contribution in [0.2, 0.25) is 0 Å². The van der Waals surface area contributed by atoms with Crippen LogP contribution < -0.4 is 10.1 Å². The van der Waals surface area contributed by atoms with E-state index >= 15 is 0 Å². The lowest BCUT2D eigenvalue weighted by molar-refractivity contribution is -0.132. The minimum atomic E-state index is -0.0877. The van der Waals surface area contributed by atoms with Crippen LogP contribution in [0.15, 0.2) is 53.0 Å². The highest BCUT2D eigenvalue weighted by Gasteiger charge is 2.23. The summed E-state index contributed by atoms with van der Waals surface area (Å²) in [6, 6.07) is 15.6. The minimum Gasteiger partial charge on any atom is -0.497 e. The maximum Gasteiger partial charge on any atom is 0.317 e. The molecule has 1 saturated heterocycles. The molecule has 2 aromatic rings. The molecular weight excluding hydrogens is 434 g/mol. The molecule has 0 atom stereocenters. The predicted molar refractivity (Wildman–Crippen MR) is 116 cm³/mol. The summed E-state index contributed by atoms with van der Waals surface area (Å²) in [6.45, 7) is 2.74. The van der Waals surface area contributed by atoms with E-state index in [1.165, 1.54) is 0 Å². The number of hydrogen-bond acceptors (Lipinski definition) is 3. The number of piperazine rings is 1. The van der Waals surface area contributed by atoms with E-state index in [9.17, 15) is 9.59 Å². The Labute approximate surface area is 180 Å². The second-order valence-corrected chi connectivity index (χ2v) is 7.92. The number of carbonyl (C=O) groups excluding carboxylic acids is 2. The van der Waals surface area contributed by atoms with Crippen molar-refractivity contribution in [3.63, 3.8) is 0 Å². The number of amides is 3. The number of nitrogens with one attached hydrogen (secondary N) is 1. The molecule has 0 bridgehead atoms. The summed E-state index contributed by atoms with van der Waals surface area (Å²) in [5.41, 5.74) is 2.16. The summed E-state index contributed by atoms with van der Waals surface area (Å²) >= 11 is 3.43. The van der Waals surface area contributed by atoms with Gasteiger partial charge in [-0.15, -0.1) is 0 Å². The maximum absolute atomic E-state index is 12.5. The van der Waals surface area contributed by atoms with Crippen LogP contribution in [-0.4, -0.2) is 55.0 Å². The number of benzene rings is 2. The zero-order valence-corrected chi connectivity index (χ0v) is 18.2. The van der Waals surface area contributed by atoms with Crippen molar-refractivity contribution < 1.29 is 14.3 Å². The van der Waals surface area contributed by atoms with Crippen molar-refractivity contribution in [1.29, 1.82) is 0 Å². The minimum absolute atomic E-state index is 0.0877. The van der Waals surface area contributed by atoms with Crippen LogP contribution >= 0.6 is 15.9 Å². The molecule has 7 heteroatoms. The Balaban J connectivity index is 1.39. The fraction of sp³-hybridized carbons (Fsp3) is 0.364. The fourth-order valence-electron chi connectivity index (χ4n) is 3.30. The molecule has 1 fully saturated rings. The number of halogens is 1. The van der Waals surface area contributed by atoms with Crippen LogP contribution in [0.5, 0.6) is 5.75 Å². The summed E-state index contributed by atoms with van der Waals surface area (Å²) in [5.74, 6) is 0.949. The van der Waals surface area contributed by atoms with Gasteiger partial charge in [0.25, 0.3) is 0 Å². The Morgan fingerprint density at radius 1 is 1.00 bits per heavy atom. The molecule has 0 aromatic heterocycles. The second-order valence-electron chi connectivity index (χ2n) is 7.00. The highest BCUT2D eigenvalue weighted by Crippen LogP contribution is 2.14.